The Morgan fingerprint density at radius 2 is 2.18 bits per heavy atom. The zero-order chi connectivity index (χ0) is 12.3. The molecule has 0 radical (unpaired) electrons. The molecule has 0 fully saturated rings. The van der Waals surface area contributed by atoms with Crippen molar-refractivity contribution in [1.29, 1.82) is 0 Å². The van der Waals surface area contributed by atoms with Gasteiger partial charge in [0.15, 0.2) is 0 Å². The monoisotopic (exact) mass is 286 g/mol. The molecule has 1 aromatic heterocycles. The molecule has 2 aromatic rings. The number of ether oxygens (including phenoxy) is 1. The number of methoxy groups -OCH3 is 1. The lowest BCUT2D eigenvalue weighted by molar-refractivity contribution is 0.409. The maximum atomic E-state index is 6.42. The average Bonchev–Trinajstić information content (AvgIpc) is 2.81. The minimum atomic E-state index is -0.127. The van der Waals surface area contributed by atoms with Crippen molar-refractivity contribution >= 4 is 34.5 Å². The molecule has 0 aliphatic rings. The summed E-state index contributed by atoms with van der Waals surface area (Å²) in [7, 11) is 1.64. The number of benzene rings is 1. The highest BCUT2D eigenvalue weighted by Gasteiger charge is 2.14. The van der Waals surface area contributed by atoms with Crippen molar-refractivity contribution in [3.05, 3.63) is 51.2 Å². The molecule has 0 bridgehead atoms. The van der Waals surface area contributed by atoms with E-state index in [-0.39, 0.29) is 5.38 Å². The van der Waals surface area contributed by atoms with Crippen molar-refractivity contribution in [2.45, 2.75) is 11.8 Å². The van der Waals surface area contributed by atoms with E-state index in [0.717, 1.165) is 17.7 Å². The third-order valence-corrected chi connectivity index (χ3v) is 3.88. The minimum absolute atomic E-state index is 0.127. The number of hydrogen-bond acceptors (Lipinski definition) is 2. The highest BCUT2D eigenvalue weighted by atomic mass is 35.5. The fourth-order valence-corrected chi connectivity index (χ4v) is 2.89. The molecule has 90 valence electrons. The normalized spacial score (nSPS) is 12.4. The molecule has 0 saturated heterocycles. The Bertz CT molecular complexity index is 482. The highest BCUT2D eigenvalue weighted by molar-refractivity contribution is 7.07. The van der Waals surface area contributed by atoms with Gasteiger partial charge in [-0.05, 0) is 47.0 Å². The number of halogens is 2. The molecule has 0 spiro atoms. The number of hydrogen-bond donors (Lipinski definition) is 0. The van der Waals surface area contributed by atoms with Crippen molar-refractivity contribution in [3.63, 3.8) is 0 Å². The van der Waals surface area contributed by atoms with E-state index >= 15 is 0 Å². The first-order valence-electron chi connectivity index (χ1n) is 5.19. The quantitative estimate of drug-likeness (QED) is 0.724. The standard InChI is InChI=1S/C13H12Cl2OS/c1-16-13-3-2-10(14)7-11(13)12(15)6-9-4-5-17-8-9/h2-5,7-8,12H,6H2,1H3. The summed E-state index contributed by atoms with van der Waals surface area (Å²) in [5, 5.41) is 4.70. The molecule has 0 aliphatic carbocycles. The SMILES string of the molecule is COc1ccc(Cl)cc1C(Cl)Cc1ccsc1. The zero-order valence-electron chi connectivity index (χ0n) is 9.32. The van der Waals surface area contributed by atoms with Crippen LogP contribution in [0.5, 0.6) is 5.75 Å². The molecule has 0 N–H and O–H groups in total. The molecule has 0 saturated carbocycles. The van der Waals surface area contributed by atoms with Crippen LogP contribution in [0.4, 0.5) is 0 Å². The first-order chi connectivity index (χ1) is 8.20. The molecule has 0 amide bonds. The van der Waals surface area contributed by atoms with Crippen molar-refractivity contribution in [1.82, 2.24) is 0 Å². The predicted octanol–water partition coefficient (Wildman–Crippen LogP) is 4.93. The van der Waals surface area contributed by atoms with Crippen LogP contribution >= 0.6 is 34.5 Å². The van der Waals surface area contributed by atoms with Gasteiger partial charge >= 0.3 is 0 Å². The molecule has 1 heterocycles. The van der Waals surface area contributed by atoms with Gasteiger partial charge in [0.2, 0.25) is 0 Å². The van der Waals surface area contributed by atoms with Crippen LogP contribution in [0.2, 0.25) is 5.02 Å². The molecular formula is C13H12Cl2OS. The van der Waals surface area contributed by atoms with E-state index in [9.17, 15) is 0 Å². The zero-order valence-corrected chi connectivity index (χ0v) is 11.6. The molecular weight excluding hydrogens is 275 g/mol. The van der Waals surface area contributed by atoms with Crippen LogP contribution in [0.25, 0.3) is 0 Å². The van der Waals surface area contributed by atoms with Gasteiger partial charge in [0.05, 0.1) is 12.5 Å². The van der Waals surface area contributed by atoms with Gasteiger partial charge in [-0.25, -0.2) is 0 Å². The van der Waals surface area contributed by atoms with Gasteiger partial charge in [0, 0.05) is 10.6 Å². The first-order valence-corrected chi connectivity index (χ1v) is 6.95. The summed E-state index contributed by atoms with van der Waals surface area (Å²) >= 11 is 14.1. The summed E-state index contributed by atoms with van der Waals surface area (Å²) in [5.74, 6) is 0.782. The first kappa shape index (κ1) is 12.7. The van der Waals surface area contributed by atoms with E-state index in [1.165, 1.54) is 5.56 Å². The maximum absolute atomic E-state index is 6.42. The van der Waals surface area contributed by atoms with Gasteiger partial charge in [-0.15, -0.1) is 11.6 Å². The fraction of sp³-hybridized carbons (Fsp3) is 0.231. The van der Waals surface area contributed by atoms with Crippen LogP contribution in [0, 0.1) is 0 Å². The minimum Gasteiger partial charge on any atom is -0.496 e. The lowest BCUT2D eigenvalue weighted by Crippen LogP contribution is -1.98. The van der Waals surface area contributed by atoms with E-state index in [4.69, 9.17) is 27.9 Å². The second-order valence-electron chi connectivity index (χ2n) is 3.69. The Morgan fingerprint density at radius 3 is 2.82 bits per heavy atom. The van der Waals surface area contributed by atoms with E-state index in [1.54, 1.807) is 24.5 Å². The Labute approximate surface area is 115 Å². The molecule has 1 unspecified atom stereocenters. The molecule has 4 heteroatoms. The smallest absolute Gasteiger partial charge is 0.123 e. The molecule has 2 rings (SSSR count). The molecule has 0 aliphatic heterocycles. The van der Waals surface area contributed by atoms with Crippen LogP contribution in [-0.4, -0.2) is 7.11 Å². The van der Waals surface area contributed by atoms with Gasteiger partial charge in [-0.2, -0.15) is 11.3 Å². The lowest BCUT2D eigenvalue weighted by Gasteiger charge is -2.13. The van der Waals surface area contributed by atoms with Crippen LogP contribution in [-0.2, 0) is 6.42 Å². The Kier molecular flexibility index (Phi) is 4.32. The number of thiophene rings is 1. The summed E-state index contributed by atoms with van der Waals surface area (Å²) in [5.41, 5.74) is 2.17. The lowest BCUT2D eigenvalue weighted by atomic mass is 10.1. The Balaban J connectivity index is 2.23. The van der Waals surface area contributed by atoms with Gasteiger partial charge in [-0.3, -0.25) is 0 Å². The maximum Gasteiger partial charge on any atom is 0.123 e. The fourth-order valence-electron chi connectivity index (χ4n) is 1.68. The van der Waals surface area contributed by atoms with E-state index in [0.29, 0.717) is 5.02 Å². The van der Waals surface area contributed by atoms with Crippen LogP contribution in [0.3, 0.4) is 0 Å². The molecule has 17 heavy (non-hydrogen) atoms. The summed E-state index contributed by atoms with van der Waals surface area (Å²) in [4.78, 5) is 0. The van der Waals surface area contributed by atoms with Crippen molar-refractivity contribution in [2.75, 3.05) is 7.11 Å². The number of alkyl halides is 1. The molecule has 1 atom stereocenters. The topological polar surface area (TPSA) is 9.23 Å². The summed E-state index contributed by atoms with van der Waals surface area (Å²) in [6.07, 6.45) is 0.780. The van der Waals surface area contributed by atoms with Gasteiger partial charge in [0.25, 0.3) is 0 Å². The van der Waals surface area contributed by atoms with Crippen molar-refractivity contribution < 1.29 is 4.74 Å². The summed E-state index contributed by atoms with van der Waals surface area (Å²) in [6.45, 7) is 0. The van der Waals surface area contributed by atoms with E-state index in [1.807, 2.05) is 17.5 Å². The van der Waals surface area contributed by atoms with Crippen LogP contribution in [0.1, 0.15) is 16.5 Å². The third-order valence-electron chi connectivity index (χ3n) is 2.52. The van der Waals surface area contributed by atoms with Crippen molar-refractivity contribution in [3.8, 4) is 5.75 Å². The van der Waals surface area contributed by atoms with Crippen LogP contribution in [0.15, 0.2) is 35.0 Å². The van der Waals surface area contributed by atoms with Crippen molar-refractivity contribution in [2.24, 2.45) is 0 Å². The predicted molar refractivity (Wildman–Crippen MR) is 74.6 cm³/mol. The largest absolute Gasteiger partial charge is 0.496 e. The third kappa shape index (κ3) is 3.15. The van der Waals surface area contributed by atoms with Gasteiger partial charge in [0.1, 0.15) is 5.75 Å². The average molecular weight is 287 g/mol. The van der Waals surface area contributed by atoms with E-state index in [2.05, 4.69) is 11.4 Å². The second kappa shape index (κ2) is 5.76. The van der Waals surface area contributed by atoms with Gasteiger partial charge < -0.3 is 4.74 Å². The Hall–Kier alpha value is -0.700. The molecule has 1 nitrogen and oxygen atoms in total. The number of rotatable bonds is 4. The van der Waals surface area contributed by atoms with Crippen LogP contribution < -0.4 is 4.74 Å². The van der Waals surface area contributed by atoms with Gasteiger partial charge in [-0.1, -0.05) is 11.6 Å². The van der Waals surface area contributed by atoms with E-state index < -0.39 is 0 Å². The Morgan fingerprint density at radius 1 is 1.35 bits per heavy atom. The summed E-state index contributed by atoms with van der Waals surface area (Å²) < 4.78 is 5.30. The highest BCUT2D eigenvalue weighted by Crippen LogP contribution is 2.34. The second-order valence-corrected chi connectivity index (χ2v) is 5.43. The molecule has 1 aromatic carbocycles. The summed E-state index contributed by atoms with van der Waals surface area (Å²) in [6, 6.07) is 7.60.